The summed E-state index contributed by atoms with van der Waals surface area (Å²) in [7, 11) is 0. The molecule has 2 rings (SSSR count). The van der Waals surface area contributed by atoms with Crippen LogP contribution in [0.4, 0.5) is 0 Å². The number of hydrogen-bond donors (Lipinski definition) is 2. The van der Waals surface area contributed by atoms with Gasteiger partial charge in [-0.3, -0.25) is 4.79 Å². The highest BCUT2D eigenvalue weighted by molar-refractivity contribution is 9.10. The van der Waals surface area contributed by atoms with Crippen LogP contribution in [0.3, 0.4) is 0 Å². The molecule has 0 aliphatic carbocycles. The molecule has 1 heterocycles. The first-order valence-electron chi connectivity index (χ1n) is 7.65. The highest BCUT2D eigenvalue weighted by Gasteiger charge is 2.24. The molecule has 23 heavy (non-hydrogen) atoms. The second kappa shape index (κ2) is 8.33. The Morgan fingerprint density at radius 3 is 2.74 bits per heavy atom. The van der Waals surface area contributed by atoms with E-state index in [0.717, 1.165) is 36.0 Å². The number of nitrogens with two attached hydrogens (primary N) is 1. The molecule has 1 aliphatic rings. The Kier molecular flexibility index (Phi) is 6.71. The van der Waals surface area contributed by atoms with Gasteiger partial charge in [-0.15, -0.1) is 0 Å². The van der Waals surface area contributed by atoms with Gasteiger partial charge in [0.1, 0.15) is 18.5 Å². The van der Waals surface area contributed by atoms with E-state index in [-0.39, 0.29) is 18.4 Å². The van der Waals surface area contributed by atoms with Crippen molar-refractivity contribution in [2.45, 2.75) is 25.9 Å². The molecule has 0 aromatic heterocycles. The summed E-state index contributed by atoms with van der Waals surface area (Å²) in [4.78, 5) is 13.3. The van der Waals surface area contributed by atoms with E-state index < -0.39 is 6.10 Å². The van der Waals surface area contributed by atoms with Crippen molar-refractivity contribution in [3.05, 3.63) is 27.2 Å². The molecule has 0 radical (unpaired) electrons. The third kappa shape index (κ3) is 5.35. The van der Waals surface area contributed by atoms with Crippen LogP contribution in [0.2, 0.25) is 5.02 Å². The van der Waals surface area contributed by atoms with Crippen LogP contribution in [-0.4, -0.2) is 48.3 Å². The summed E-state index contributed by atoms with van der Waals surface area (Å²) in [5.41, 5.74) is 6.24. The first-order chi connectivity index (χ1) is 10.9. The smallest absolute Gasteiger partial charge is 0.220 e. The molecule has 1 aromatic rings. The van der Waals surface area contributed by atoms with Gasteiger partial charge in [-0.2, -0.15) is 0 Å². The average molecular weight is 406 g/mol. The fourth-order valence-corrected chi connectivity index (χ4v) is 3.88. The molecule has 1 fully saturated rings. The van der Waals surface area contributed by atoms with Crippen LogP contribution in [0, 0.1) is 12.8 Å². The van der Waals surface area contributed by atoms with Crippen molar-refractivity contribution in [2.75, 3.05) is 26.2 Å². The van der Waals surface area contributed by atoms with Crippen LogP contribution in [0.1, 0.15) is 18.4 Å². The maximum Gasteiger partial charge on any atom is 0.220 e. The van der Waals surface area contributed by atoms with Crippen molar-refractivity contribution in [2.24, 2.45) is 11.7 Å². The van der Waals surface area contributed by atoms with Gasteiger partial charge in [0.15, 0.2) is 0 Å². The standard InChI is InChI=1S/C16H22BrClN2O3/c1-10-6-12(18)7-14(17)15(10)23-9-13(21)8-20-4-2-11(3-5-20)16(19)22/h6-7,11,13,21H,2-5,8-9H2,1H3,(H2,19,22)/t13-/m0/s1. The van der Waals surface area contributed by atoms with Crippen molar-refractivity contribution in [3.63, 3.8) is 0 Å². The molecule has 0 saturated carbocycles. The summed E-state index contributed by atoms with van der Waals surface area (Å²) in [6.45, 7) is 4.18. The second-order valence-corrected chi connectivity index (χ2v) is 7.27. The van der Waals surface area contributed by atoms with E-state index in [1.807, 2.05) is 13.0 Å². The molecule has 0 spiro atoms. The Bertz CT molecular complexity index is 539. The molecule has 0 unspecified atom stereocenters. The average Bonchev–Trinajstić information content (AvgIpc) is 2.46. The zero-order valence-electron chi connectivity index (χ0n) is 13.1. The molecule has 1 atom stereocenters. The van der Waals surface area contributed by atoms with Crippen molar-refractivity contribution < 1.29 is 14.6 Å². The fourth-order valence-electron chi connectivity index (χ4n) is 2.80. The van der Waals surface area contributed by atoms with E-state index in [4.69, 9.17) is 22.1 Å². The predicted molar refractivity (Wildman–Crippen MR) is 93.7 cm³/mol. The van der Waals surface area contributed by atoms with Gasteiger partial charge in [-0.25, -0.2) is 0 Å². The van der Waals surface area contributed by atoms with E-state index >= 15 is 0 Å². The number of carbonyl (C=O) groups excluding carboxylic acids is 1. The number of primary amides is 1. The van der Waals surface area contributed by atoms with Gasteiger partial charge in [0.05, 0.1) is 4.47 Å². The van der Waals surface area contributed by atoms with Crippen molar-refractivity contribution in [3.8, 4) is 5.75 Å². The molecule has 1 saturated heterocycles. The third-order valence-electron chi connectivity index (χ3n) is 4.07. The number of amides is 1. The lowest BCUT2D eigenvalue weighted by Gasteiger charge is -2.31. The van der Waals surface area contributed by atoms with Crippen molar-refractivity contribution in [1.29, 1.82) is 0 Å². The Morgan fingerprint density at radius 2 is 2.17 bits per heavy atom. The Hall–Kier alpha value is -0.820. The summed E-state index contributed by atoms with van der Waals surface area (Å²) >= 11 is 9.39. The number of benzene rings is 1. The number of rotatable bonds is 6. The highest BCUT2D eigenvalue weighted by Crippen LogP contribution is 2.32. The maximum absolute atomic E-state index is 11.2. The highest BCUT2D eigenvalue weighted by atomic mass is 79.9. The number of β-amino-alcohol motifs (C(OH)–C–C–N with tert-alkyl or cyclic N) is 1. The largest absolute Gasteiger partial charge is 0.489 e. The van der Waals surface area contributed by atoms with Crippen LogP contribution in [0.5, 0.6) is 5.75 Å². The molecule has 5 nitrogen and oxygen atoms in total. The lowest BCUT2D eigenvalue weighted by molar-refractivity contribution is -0.123. The first kappa shape index (κ1) is 18.5. The minimum Gasteiger partial charge on any atom is -0.489 e. The Labute approximate surface area is 149 Å². The van der Waals surface area contributed by atoms with E-state index in [1.54, 1.807) is 6.07 Å². The van der Waals surface area contributed by atoms with Crippen LogP contribution in [0.25, 0.3) is 0 Å². The third-order valence-corrected chi connectivity index (χ3v) is 4.88. The molecule has 1 aromatic carbocycles. The lowest BCUT2D eigenvalue weighted by atomic mass is 9.96. The second-order valence-electron chi connectivity index (χ2n) is 5.98. The molecular formula is C16H22BrClN2O3. The topological polar surface area (TPSA) is 75.8 Å². The lowest BCUT2D eigenvalue weighted by Crippen LogP contribution is -2.43. The number of likely N-dealkylation sites (tertiary alicyclic amines) is 1. The van der Waals surface area contributed by atoms with E-state index in [2.05, 4.69) is 20.8 Å². The molecule has 1 amide bonds. The van der Waals surface area contributed by atoms with Crippen LogP contribution >= 0.6 is 27.5 Å². The SMILES string of the molecule is Cc1cc(Cl)cc(Br)c1OC[C@@H](O)CN1CCC(C(N)=O)CC1. The summed E-state index contributed by atoms with van der Waals surface area (Å²) in [6, 6.07) is 3.59. The van der Waals surface area contributed by atoms with Crippen LogP contribution in [-0.2, 0) is 4.79 Å². The number of aliphatic hydroxyl groups is 1. The normalized spacial score (nSPS) is 17.9. The number of carbonyl (C=O) groups is 1. The van der Waals surface area contributed by atoms with Gasteiger partial charge in [-0.1, -0.05) is 11.6 Å². The van der Waals surface area contributed by atoms with E-state index in [0.29, 0.717) is 17.3 Å². The Morgan fingerprint density at radius 1 is 1.52 bits per heavy atom. The first-order valence-corrected chi connectivity index (χ1v) is 8.82. The zero-order chi connectivity index (χ0) is 17.0. The number of halogens is 2. The van der Waals surface area contributed by atoms with Crippen LogP contribution in [0.15, 0.2) is 16.6 Å². The number of piperidine rings is 1. The predicted octanol–water partition coefficient (Wildman–Crippen LogP) is 2.35. The van der Waals surface area contributed by atoms with Gasteiger partial charge >= 0.3 is 0 Å². The fraction of sp³-hybridized carbons (Fsp3) is 0.562. The number of nitrogens with zero attached hydrogens (tertiary/aromatic N) is 1. The summed E-state index contributed by atoms with van der Waals surface area (Å²) in [6.07, 6.45) is 0.914. The van der Waals surface area contributed by atoms with Crippen molar-refractivity contribution >= 4 is 33.4 Å². The van der Waals surface area contributed by atoms with Crippen molar-refractivity contribution in [1.82, 2.24) is 4.90 Å². The van der Waals surface area contributed by atoms with Gasteiger partial charge < -0.3 is 20.5 Å². The van der Waals surface area contributed by atoms with E-state index in [9.17, 15) is 9.90 Å². The summed E-state index contributed by atoms with van der Waals surface area (Å²) < 4.78 is 6.50. The molecule has 1 aliphatic heterocycles. The zero-order valence-corrected chi connectivity index (χ0v) is 15.4. The maximum atomic E-state index is 11.2. The van der Waals surface area contributed by atoms with Crippen LogP contribution < -0.4 is 10.5 Å². The van der Waals surface area contributed by atoms with E-state index in [1.165, 1.54) is 0 Å². The quantitative estimate of drug-likeness (QED) is 0.762. The van der Waals surface area contributed by atoms with Gasteiger partial charge in [0.25, 0.3) is 0 Å². The number of aliphatic hydroxyl groups excluding tert-OH is 1. The minimum absolute atomic E-state index is 0.0349. The summed E-state index contributed by atoms with van der Waals surface area (Å²) in [5.74, 6) is 0.435. The Balaban J connectivity index is 1.80. The molecule has 128 valence electrons. The molecule has 3 N–H and O–H groups in total. The minimum atomic E-state index is -0.595. The molecule has 7 heteroatoms. The molecular weight excluding hydrogens is 384 g/mol. The number of ether oxygens (including phenoxy) is 1. The van der Waals surface area contributed by atoms with Gasteiger partial charge in [0, 0.05) is 17.5 Å². The van der Waals surface area contributed by atoms with Gasteiger partial charge in [-0.05, 0) is 66.5 Å². The van der Waals surface area contributed by atoms with Gasteiger partial charge in [0.2, 0.25) is 5.91 Å². The monoisotopic (exact) mass is 404 g/mol. The number of aryl methyl sites for hydroxylation is 1. The number of hydrogen-bond acceptors (Lipinski definition) is 4. The summed E-state index contributed by atoms with van der Waals surface area (Å²) in [5, 5.41) is 10.8. The molecule has 0 bridgehead atoms.